The molecule has 0 aromatic carbocycles. The number of nitrogens with one attached hydrogen (secondary N) is 1. The number of aromatic nitrogens is 3. The van der Waals surface area contributed by atoms with Gasteiger partial charge in [0, 0.05) is 24.0 Å². The average molecular weight is 307 g/mol. The fourth-order valence-corrected chi connectivity index (χ4v) is 2.38. The Morgan fingerprint density at radius 2 is 2.00 bits per heavy atom. The molecule has 0 amide bonds. The van der Waals surface area contributed by atoms with E-state index in [9.17, 15) is 0 Å². The highest BCUT2D eigenvalue weighted by atomic mass is 35.5. The number of aryl methyl sites for hydroxylation is 2. The summed E-state index contributed by atoms with van der Waals surface area (Å²) >= 11 is 6.27. The number of hydrogen-bond donors (Lipinski definition) is 1. The number of nitrogens with zero attached hydrogens (tertiary/aromatic N) is 3. The molecule has 0 aliphatic carbocycles. The van der Waals surface area contributed by atoms with Crippen LogP contribution < -0.4 is 5.32 Å². The van der Waals surface area contributed by atoms with E-state index in [0.29, 0.717) is 5.92 Å². The van der Waals surface area contributed by atoms with Gasteiger partial charge in [-0.3, -0.25) is 4.98 Å². The molecule has 2 rings (SSSR count). The zero-order chi connectivity index (χ0) is 15.6. The number of rotatable bonds is 5. The Bertz CT molecular complexity index is 631. The molecule has 4 nitrogen and oxygen atoms in total. The molecule has 5 heteroatoms. The number of halogens is 1. The monoisotopic (exact) mass is 306 g/mol. The van der Waals surface area contributed by atoms with Crippen LogP contribution >= 0.6 is 11.6 Å². The van der Waals surface area contributed by atoms with Gasteiger partial charge in [0.1, 0.15) is 0 Å². The molecule has 0 saturated heterocycles. The molecule has 0 spiro atoms. The van der Waals surface area contributed by atoms with Gasteiger partial charge in [-0.1, -0.05) is 25.4 Å². The third-order valence-corrected chi connectivity index (χ3v) is 3.94. The Labute approximate surface area is 131 Å². The van der Waals surface area contributed by atoms with Gasteiger partial charge in [0.25, 0.3) is 0 Å². The lowest BCUT2D eigenvalue weighted by molar-refractivity contribution is 0.550. The van der Waals surface area contributed by atoms with Crippen LogP contribution in [0.1, 0.15) is 36.5 Å². The largest absolute Gasteiger partial charge is 0.312 e. The van der Waals surface area contributed by atoms with Gasteiger partial charge >= 0.3 is 0 Å². The van der Waals surface area contributed by atoms with Crippen LogP contribution in [0.5, 0.6) is 0 Å². The molecule has 0 radical (unpaired) electrons. The summed E-state index contributed by atoms with van der Waals surface area (Å²) in [6.07, 6.45) is 1.92. The van der Waals surface area contributed by atoms with Gasteiger partial charge in [-0.05, 0) is 39.3 Å². The molecule has 21 heavy (non-hydrogen) atoms. The zero-order valence-corrected chi connectivity index (χ0v) is 14.1. The lowest BCUT2D eigenvalue weighted by atomic mass is 10.2. The normalized spacial score (nSPS) is 11.4. The first-order valence-corrected chi connectivity index (χ1v) is 7.66. The van der Waals surface area contributed by atoms with E-state index in [2.05, 4.69) is 35.3 Å². The van der Waals surface area contributed by atoms with Crippen molar-refractivity contribution >= 4 is 11.6 Å². The van der Waals surface area contributed by atoms with Gasteiger partial charge in [0.05, 0.1) is 22.1 Å². The van der Waals surface area contributed by atoms with Crippen molar-refractivity contribution in [1.29, 1.82) is 0 Å². The van der Waals surface area contributed by atoms with Crippen LogP contribution in [0.4, 0.5) is 0 Å². The third kappa shape index (κ3) is 3.63. The average Bonchev–Trinajstić information content (AvgIpc) is 2.68. The van der Waals surface area contributed by atoms with Gasteiger partial charge < -0.3 is 5.32 Å². The van der Waals surface area contributed by atoms with Gasteiger partial charge in [0.2, 0.25) is 0 Å². The van der Waals surface area contributed by atoms with E-state index < -0.39 is 0 Å². The van der Waals surface area contributed by atoms with Crippen LogP contribution in [0.3, 0.4) is 0 Å². The second kappa shape index (κ2) is 6.58. The highest BCUT2D eigenvalue weighted by Crippen LogP contribution is 2.24. The van der Waals surface area contributed by atoms with Gasteiger partial charge in [0.15, 0.2) is 0 Å². The molecule has 0 atom stereocenters. The van der Waals surface area contributed by atoms with Crippen LogP contribution in [0.15, 0.2) is 12.3 Å². The molecule has 0 unspecified atom stereocenters. The van der Waals surface area contributed by atoms with Gasteiger partial charge in [-0.2, -0.15) is 5.10 Å². The Kier molecular flexibility index (Phi) is 5.01. The van der Waals surface area contributed by atoms with Crippen molar-refractivity contribution in [2.24, 2.45) is 5.92 Å². The molecule has 2 heterocycles. The van der Waals surface area contributed by atoms with Crippen molar-refractivity contribution in [3.63, 3.8) is 0 Å². The predicted molar refractivity (Wildman–Crippen MR) is 87.1 cm³/mol. The van der Waals surface area contributed by atoms with Crippen molar-refractivity contribution in [3.8, 4) is 5.69 Å². The predicted octanol–water partition coefficient (Wildman–Crippen LogP) is 3.59. The summed E-state index contributed by atoms with van der Waals surface area (Å²) in [5, 5.41) is 8.74. The quantitative estimate of drug-likeness (QED) is 0.918. The van der Waals surface area contributed by atoms with E-state index in [0.717, 1.165) is 46.4 Å². The molecule has 0 saturated carbocycles. The van der Waals surface area contributed by atoms with Crippen LogP contribution in [0.2, 0.25) is 5.02 Å². The molecule has 0 fully saturated rings. The molecule has 0 aliphatic rings. The van der Waals surface area contributed by atoms with Crippen LogP contribution in [-0.4, -0.2) is 21.3 Å². The number of hydrogen-bond acceptors (Lipinski definition) is 3. The van der Waals surface area contributed by atoms with Crippen LogP contribution in [0.25, 0.3) is 5.69 Å². The van der Waals surface area contributed by atoms with E-state index >= 15 is 0 Å². The van der Waals surface area contributed by atoms with Crippen molar-refractivity contribution in [3.05, 3.63) is 39.9 Å². The summed E-state index contributed by atoms with van der Waals surface area (Å²) in [7, 11) is 0. The molecular formula is C16H23ClN4. The van der Waals surface area contributed by atoms with Gasteiger partial charge in [-0.25, -0.2) is 4.68 Å². The minimum atomic E-state index is 0.620. The van der Waals surface area contributed by atoms with E-state index in [1.165, 1.54) is 0 Å². The highest BCUT2D eigenvalue weighted by molar-refractivity contribution is 6.31. The van der Waals surface area contributed by atoms with E-state index in [1.54, 1.807) is 0 Å². The minimum Gasteiger partial charge on any atom is -0.312 e. The molecule has 0 bridgehead atoms. The summed E-state index contributed by atoms with van der Waals surface area (Å²) in [5.41, 5.74) is 4.96. The van der Waals surface area contributed by atoms with E-state index in [1.807, 2.05) is 31.6 Å². The molecule has 2 aromatic heterocycles. The Balaban J connectivity index is 2.37. The second-order valence-corrected chi connectivity index (χ2v) is 6.25. The van der Waals surface area contributed by atoms with Crippen molar-refractivity contribution in [1.82, 2.24) is 20.1 Å². The SMILES string of the molecule is Cc1cc(-n2nc(C)c(Cl)c2C)c(CNCC(C)C)cn1. The summed E-state index contributed by atoms with van der Waals surface area (Å²) in [5.74, 6) is 0.620. The molecular weight excluding hydrogens is 284 g/mol. The van der Waals surface area contributed by atoms with E-state index in [-0.39, 0.29) is 0 Å². The topological polar surface area (TPSA) is 42.7 Å². The summed E-state index contributed by atoms with van der Waals surface area (Å²) in [6.45, 7) is 12.0. The molecule has 1 N–H and O–H groups in total. The zero-order valence-electron chi connectivity index (χ0n) is 13.4. The van der Waals surface area contributed by atoms with Crippen molar-refractivity contribution in [2.45, 2.75) is 41.2 Å². The maximum absolute atomic E-state index is 6.27. The van der Waals surface area contributed by atoms with E-state index in [4.69, 9.17) is 11.6 Å². The van der Waals surface area contributed by atoms with Gasteiger partial charge in [-0.15, -0.1) is 0 Å². The second-order valence-electron chi connectivity index (χ2n) is 5.88. The summed E-state index contributed by atoms with van der Waals surface area (Å²) in [4.78, 5) is 4.41. The van der Waals surface area contributed by atoms with Crippen molar-refractivity contribution < 1.29 is 0 Å². The van der Waals surface area contributed by atoms with Crippen molar-refractivity contribution in [2.75, 3.05) is 6.54 Å². The lowest BCUT2D eigenvalue weighted by Crippen LogP contribution is -2.20. The molecule has 2 aromatic rings. The van der Waals surface area contributed by atoms with Crippen LogP contribution in [0, 0.1) is 26.7 Å². The fraction of sp³-hybridized carbons (Fsp3) is 0.500. The highest BCUT2D eigenvalue weighted by Gasteiger charge is 2.14. The smallest absolute Gasteiger partial charge is 0.0848 e. The first kappa shape index (κ1) is 16.0. The fourth-order valence-electron chi connectivity index (χ4n) is 2.26. The first-order chi connectivity index (χ1) is 9.90. The Morgan fingerprint density at radius 3 is 2.57 bits per heavy atom. The molecule has 0 aliphatic heterocycles. The number of pyridine rings is 1. The minimum absolute atomic E-state index is 0.620. The third-order valence-electron chi connectivity index (χ3n) is 3.40. The first-order valence-electron chi connectivity index (χ1n) is 7.28. The summed E-state index contributed by atoms with van der Waals surface area (Å²) in [6, 6.07) is 2.06. The maximum Gasteiger partial charge on any atom is 0.0848 e. The summed E-state index contributed by atoms with van der Waals surface area (Å²) < 4.78 is 1.92. The lowest BCUT2D eigenvalue weighted by Gasteiger charge is -2.13. The maximum atomic E-state index is 6.27. The Hall–Kier alpha value is -1.39. The van der Waals surface area contributed by atoms with Crippen LogP contribution in [-0.2, 0) is 6.54 Å². The molecule has 114 valence electrons. The standard InChI is InChI=1S/C16H23ClN4/c1-10(2)7-18-8-14-9-19-11(3)6-15(14)21-13(5)16(17)12(4)20-21/h6,9-10,18H,7-8H2,1-5H3. The Morgan fingerprint density at radius 1 is 1.29 bits per heavy atom.